The number of thioether (sulfide) groups is 1. The summed E-state index contributed by atoms with van der Waals surface area (Å²) in [5.74, 6) is -4.15. The van der Waals surface area contributed by atoms with Crippen LogP contribution in [0.1, 0.15) is 6.92 Å². The van der Waals surface area contributed by atoms with Crippen LogP contribution in [0.4, 0.5) is 8.78 Å². The van der Waals surface area contributed by atoms with Crippen molar-refractivity contribution in [3.05, 3.63) is 0 Å². The molecule has 0 bridgehead atoms. The van der Waals surface area contributed by atoms with E-state index in [-0.39, 0.29) is 6.61 Å². The summed E-state index contributed by atoms with van der Waals surface area (Å²) < 4.78 is 30.0. The van der Waals surface area contributed by atoms with Gasteiger partial charge in [-0.2, -0.15) is 20.5 Å². The van der Waals surface area contributed by atoms with Crippen LogP contribution < -0.4 is 5.32 Å². The third kappa shape index (κ3) is 5.39. The van der Waals surface area contributed by atoms with Crippen molar-refractivity contribution in [3.8, 4) is 0 Å². The van der Waals surface area contributed by atoms with Crippen molar-refractivity contribution in [3.63, 3.8) is 0 Å². The minimum Gasteiger partial charge on any atom is -0.462 e. The normalized spacial score (nSPS) is 11.4. The van der Waals surface area contributed by atoms with Crippen LogP contribution in [0.2, 0.25) is 0 Å². The number of carbonyl (C=O) groups excluding carboxylic acids is 1. The average Bonchev–Trinajstić information content (AvgIpc) is 2.13. The van der Waals surface area contributed by atoms with E-state index in [1.165, 1.54) is 6.92 Å². The number of halogens is 2. The van der Waals surface area contributed by atoms with Gasteiger partial charge in [-0.05, 0) is 13.2 Å². The Kier molecular flexibility index (Phi) is 6.82. The smallest absolute Gasteiger partial charge is 0.378 e. The molecular formula is C8H15F2NO2S. The molecule has 0 aromatic heterocycles. The molecule has 0 amide bonds. The fourth-order valence-corrected chi connectivity index (χ4v) is 1.08. The van der Waals surface area contributed by atoms with Crippen molar-refractivity contribution < 1.29 is 18.3 Å². The number of ether oxygens (including phenoxy) is 1. The van der Waals surface area contributed by atoms with Crippen LogP contribution in [-0.2, 0) is 9.53 Å². The summed E-state index contributed by atoms with van der Waals surface area (Å²) in [6, 6.07) is 0. The molecule has 3 nitrogen and oxygen atoms in total. The van der Waals surface area contributed by atoms with Gasteiger partial charge in [-0.25, -0.2) is 4.79 Å². The number of carbonyl (C=O) groups is 1. The molecule has 0 rings (SSSR count). The molecule has 0 aliphatic carbocycles. The van der Waals surface area contributed by atoms with E-state index < -0.39 is 18.4 Å². The predicted octanol–water partition coefficient (Wildman–Crippen LogP) is 1.14. The molecule has 0 saturated carbocycles. The van der Waals surface area contributed by atoms with Gasteiger partial charge in [-0.15, -0.1) is 0 Å². The van der Waals surface area contributed by atoms with Gasteiger partial charge in [-0.3, -0.25) is 0 Å². The molecule has 84 valence electrons. The van der Waals surface area contributed by atoms with Gasteiger partial charge in [0.2, 0.25) is 0 Å². The zero-order valence-electron chi connectivity index (χ0n) is 8.31. The minimum absolute atomic E-state index is 0.0285. The van der Waals surface area contributed by atoms with Gasteiger partial charge in [0.05, 0.1) is 13.2 Å². The van der Waals surface area contributed by atoms with Crippen LogP contribution in [0, 0.1) is 0 Å². The van der Waals surface area contributed by atoms with Gasteiger partial charge in [0, 0.05) is 12.3 Å². The molecule has 6 heteroatoms. The summed E-state index contributed by atoms with van der Waals surface area (Å²) in [5.41, 5.74) is 0. The fourth-order valence-electron chi connectivity index (χ4n) is 0.728. The van der Waals surface area contributed by atoms with Crippen LogP contribution in [0.5, 0.6) is 0 Å². The second-order valence-electron chi connectivity index (χ2n) is 2.59. The Labute approximate surface area is 86.6 Å². The van der Waals surface area contributed by atoms with Crippen molar-refractivity contribution in [2.45, 2.75) is 12.8 Å². The molecule has 0 unspecified atom stereocenters. The van der Waals surface area contributed by atoms with Gasteiger partial charge < -0.3 is 10.1 Å². The van der Waals surface area contributed by atoms with E-state index in [9.17, 15) is 13.6 Å². The van der Waals surface area contributed by atoms with E-state index in [4.69, 9.17) is 0 Å². The average molecular weight is 227 g/mol. The zero-order valence-corrected chi connectivity index (χ0v) is 9.13. The molecule has 0 aliphatic heterocycles. The van der Waals surface area contributed by atoms with E-state index in [0.29, 0.717) is 6.54 Å². The van der Waals surface area contributed by atoms with Crippen LogP contribution in [0.25, 0.3) is 0 Å². The fraction of sp³-hybridized carbons (Fsp3) is 0.875. The van der Waals surface area contributed by atoms with Crippen molar-refractivity contribution in [1.82, 2.24) is 5.32 Å². The van der Waals surface area contributed by atoms with E-state index in [0.717, 1.165) is 5.75 Å². The molecule has 0 heterocycles. The number of nitrogens with one attached hydrogen (secondary N) is 1. The van der Waals surface area contributed by atoms with Gasteiger partial charge >= 0.3 is 11.9 Å². The molecule has 0 aliphatic rings. The Morgan fingerprint density at radius 3 is 2.71 bits per heavy atom. The molecule has 0 spiro atoms. The Morgan fingerprint density at radius 2 is 2.21 bits per heavy atom. The number of rotatable bonds is 7. The summed E-state index contributed by atoms with van der Waals surface area (Å²) in [6.45, 7) is 1.26. The summed E-state index contributed by atoms with van der Waals surface area (Å²) in [4.78, 5) is 10.7. The summed E-state index contributed by atoms with van der Waals surface area (Å²) in [7, 11) is 0. The molecule has 0 fully saturated rings. The van der Waals surface area contributed by atoms with Crippen LogP contribution in [0.15, 0.2) is 0 Å². The predicted molar refractivity (Wildman–Crippen MR) is 52.8 cm³/mol. The number of hydrogen-bond acceptors (Lipinski definition) is 4. The van der Waals surface area contributed by atoms with Crippen molar-refractivity contribution in [2.24, 2.45) is 0 Å². The second kappa shape index (κ2) is 7.00. The molecular weight excluding hydrogens is 212 g/mol. The maximum absolute atomic E-state index is 12.9. The van der Waals surface area contributed by atoms with Crippen LogP contribution in [0.3, 0.4) is 0 Å². The molecule has 14 heavy (non-hydrogen) atoms. The number of esters is 1. The summed E-state index contributed by atoms with van der Waals surface area (Å²) >= 11 is 1.55. The highest BCUT2D eigenvalue weighted by molar-refractivity contribution is 7.98. The highest BCUT2D eigenvalue weighted by Gasteiger charge is 2.39. The lowest BCUT2D eigenvalue weighted by Crippen LogP contribution is -2.41. The lowest BCUT2D eigenvalue weighted by molar-refractivity contribution is -0.170. The van der Waals surface area contributed by atoms with Crippen molar-refractivity contribution in [2.75, 3.05) is 31.7 Å². The first-order chi connectivity index (χ1) is 6.54. The molecule has 0 atom stereocenters. The molecule has 0 saturated heterocycles. The third-order valence-electron chi connectivity index (χ3n) is 1.40. The Bertz CT molecular complexity index is 179. The van der Waals surface area contributed by atoms with Crippen molar-refractivity contribution >= 4 is 17.7 Å². The largest absolute Gasteiger partial charge is 0.462 e. The van der Waals surface area contributed by atoms with E-state index in [1.807, 2.05) is 6.26 Å². The topological polar surface area (TPSA) is 38.3 Å². The van der Waals surface area contributed by atoms with E-state index in [2.05, 4.69) is 10.1 Å². The van der Waals surface area contributed by atoms with Gasteiger partial charge in [0.15, 0.2) is 0 Å². The monoisotopic (exact) mass is 227 g/mol. The molecule has 0 aromatic carbocycles. The van der Waals surface area contributed by atoms with Gasteiger partial charge in [-0.1, -0.05) is 0 Å². The standard InChI is InChI=1S/C8H15F2NO2S/c1-3-13-7(12)8(9,10)6-11-4-5-14-2/h11H,3-6H2,1-2H3. The zero-order chi connectivity index (χ0) is 11.0. The van der Waals surface area contributed by atoms with E-state index in [1.54, 1.807) is 11.8 Å². The molecule has 0 aromatic rings. The second-order valence-corrected chi connectivity index (χ2v) is 3.58. The quantitative estimate of drug-likeness (QED) is 0.523. The first kappa shape index (κ1) is 13.6. The van der Waals surface area contributed by atoms with E-state index >= 15 is 0 Å². The van der Waals surface area contributed by atoms with Crippen LogP contribution in [-0.4, -0.2) is 43.6 Å². The third-order valence-corrected chi connectivity index (χ3v) is 2.02. The molecule has 0 radical (unpaired) electrons. The minimum atomic E-state index is -3.42. The highest BCUT2D eigenvalue weighted by Crippen LogP contribution is 2.13. The lowest BCUT2D eigenvalue weighted by atomic mass is 10.3. The Morgan fingerprint density at radius 1 is 1.57 bits per heavy atom. The summed E-state index contributed by atoms with van der Waals surface area (Å²) in [5, 5.41) is 2.49. The lowest BCUT2D eigenvalue weighted by Gasteiger charge is -2.14. The van der Waals surface area contributed by atoms with Crippen LogP contribution >= 0.6 is 11.8 Å². The molecule has 1 N–H and O–H groups in total. The van der Waals surface area contributed by atoms with Gasteiger partial charge in [0.25, 0.3) is 0 Å². The Hall–Kier alpha value is -0.360. The maximum atomic E-state index is 12.9. The summed E-state index contributed by atoms with van der Waals surface area (Å²) in [6.07, 6.45) is 1.88. The SMILES string of the molecule is CCOC(=O)C(F)(F)CNCCSC. The van der Waals surface area contributed by atoms with Gasteiger partial charge in [0.1, 0.15) is 0 Å². The number of alkyl halides is 2. The Balaban J connectivity index is 3.76. The first-order valence-electron chi connectivity index (χ1n) is 4.29. The highest BCUT2D eigenvalue weighted by atomic mass is 32.2. The maximum Gasteiger partial charge on any atom is 0.378 e. The number of hydrogen-bond donors (Lipinski definition) is 1. The van der Waals surface area contributed by atoms with Crippen molar-refractivity contribution in [1.29, 1.82) is 0 Å². The first-order valence-corrected chi connectivity index (χ1v) is 5.68.